The van der Waals surface area contributed by atoms with Crippen molar-refractivity contribution in [3.63, 3.8) is 0 Å². The molecule has 0 aromatic carbocycles. The Morgan fingerprint density at radius 3 is 2.71 bits per heavy atom. The summed E-state index contributed by atoms with van der Waals surface area (Å²) in [5.41, 5.74) is -0.517. The number of nitrogens with one attached hydrogen (secondary N) is 1. The average Bonchev–Trinajstić information content (AvgIpc) is 2.30. The number of hydrogen-bond donors (Lipinski definition) is 1. The summed E-state index contributed by atoms with van der Waals surface area (Å²) in [5, 5.41) is 0. The molecule has 0 saturated carbocycles. The normalized spacial score (nSPS) is 15.5. The minimum absolute atomic E-state index is 0.175. The van der Waals surface area contributed by atoms with Crippen molar-refractivity contribution in [2.75, 3.05) is 5.88 Å². The number of halogens is 1. The summed E-state index contributed by atoms with van der Waals surface area (Å²) in [7, 11) is -3.52. The number of hydrogen-bond acceptors (Lipinski definition) is 3. The summed E-state index contributed by atoms with van der Waals surface area (Å²) < 4.78 is 26.9. The van der Waals surface area contributed by atoms with E-state index in [2.05, 4.69) is 9.71 Å². The molecule has 4 nitrogen and oxygen atoms in total. The summed E-state index contributed by atoms with van der Waals surface area (Å²) in [5.74, 6) is 0.417. The van der Waals surface area contributed by atoms with E-state index in [9.17, 15) is 8.42 Å². The van der Waals surface area contributed by atoms with Crippen LogP contribution in [0.3, 0.4) is 0 Å². The molecule has 0 bridgehead atoms. The molecule has 1 unspecified atom stereocenters. The summed E-state index contributed by atoms with van der Waals surface area (Å²) in [6.07, 6.45) is 4.14. The third-order valence-electron chi connectivity index (χ3n) is 2.75. The van der Waals surface area contributed by atoms with Crippen LogP contribution in [0.5, 0.6) is 0 Å². The lowest BCUT2D eigenvalue weighted by Crippen LogP contribution is -2.45. The van der Waals surface area contributed by atoms with Gasteiger partial charge in [0, 0.05) is 23.8 Å². The molecule has 0 aliphatic heterocycles. The highest BCUT2D eigenvalue weighted by molar-refractivity contribution is 7.89. The lowest BCUT2D eigenvalue weighted by molar-refractivity contribution is 0.390. The van der Waals surface area contributed by atoms with Gasteiger partial charge in [0.1, 0.15) is 4.90 Å². The maximum Gasteiger partial charge on any atom is 0.242 e. The Morgan fingerprint density at radius 1 is 1.53 bits per heavy atom. The molecule has 1 atom stereocenters. The van der Waals surface area contributed by atoms with Gasteiger partial charge >= 0.3 is 0 Å². The summed E-state index contributed by atoms with van der Waals surface area (Å²) >= 11 is 5.69. The van der Waals surface area contributed by atoms with E-state index in [-0.39, 0.29) is 4.90 Å². The van der Waals surface area contributed by atoms with Gasteiger partial charge in [0.25, 0.3) is 0 Å². The van der Waals surface area contributed by atoms with Crippen molar-refractivity contribution in [3.05, 3.63) is 24.5 Å². The van der Waals surface area contributed by atoms with Crippen molar-refractivity contribution in [1.29, 1.82) is 0 Å². The van der Waals surface area contributed by atoms with Gasteiger partial charge < -0.3 is 0 Å². The van der Waals surface area contributed by atoms with Gasteiger partial charge in [-0.05, 0) is 31.9 Å². The van der Waals surface area contributed by atoms with Gasteiger partial charge in [0.05, 0.1) is 0 Å². The van der Waals surface area contributed by atoms with Crippen LogP contribution >= 0.6 is 11.6 Å². The van der Waals surface area contributed by atoms with Crippen molar-refractivity contribution < 1.29 is 8.42 Å². The van der Waals surface area contributed by atoms with Crippen molar-refractivity contribution in [2.24, 2.45) is 0 Å². The molecule has 1 aromatic rings. The molecule has 1 heterocycles. The quantitative estimate of drug-likeness (QED) is 0.810. The van der Waals surface area contributed by atoms with Gasteiger partial charge in [-0.15, -0.1) is 11.6 Å². The standard InChI is InChI=1S/C11H17ClN2O2S/c1-3-11(2,6-7-12)14-17(15,16)10-5-4-8-13-9-10/h4-5,8-9,14H,3,6-7H2,1-2H3. The monoisotopic (exact) mass is 276 g/mol. The molecule has 0 aliphatic carbocycles. The fraction of sp³-hybridized carbons (Fsp3) is 0.545. The van der Waals surface area contributed by atoms with Crippen LogP contribution in [0.2, 0.25) is 0 Å². The highest BCUT2D eigenvalue weighted by Gasteiger charge is 2.28. The molecule has 1 aromatic heterocycles. The first-order valence-corrected chi connectivity index (χ1v) is 7.45. The Hall–Kier alpha value is -0.650. The molecule has 1 rings (SSSR count). The lowest BCUT2D eigenvalue weighted by atomic mass is 9.97. The minimum atomic E-state index is -3.52. The molecule has 6 heteroatoms. The third kappa shape index (κ3) is 3.94. The van der Waals surface area contributed by atoms with Gasteiger partial charge in [-0.25, -0.2) is 13.1 Å². The molecule has 0 radical (unpaired) electrons. The first-order chi connectivity index (χ1) is 7.93. The molecule has 17 heavy (non-hydrogen) atoms. The SMILES string of the molecule is CCC(C)(CCCl)NS(=O)(=O)c1cccnc1. The zero-order chi connectivity index (χ0) is 12.9. The Labute approximate surface area is 107 Å². The minimum Gasteiger partial charge on any atom is -0.263 e. The lowest BCUT2D eigenvalue weighted by Gasteiger charge is -2.28. The van der Waals surface area contributed by atoms with Crippen LogP contribution in [0.4, 0.5) is 0 Å². The number of pyridine rings is 1. The highest BCUT2D eigenvalue weighted by atomic mass is 35.5. The van der Waals surface area contributed by atoms with Crippen LogP contribution in [0.25, 0.3) is 0 Å². The largest absolute Gasteiger partial charge is 0.263 e. The topological polar surface area (TPSA) is 59.1 Å². The van der Waals surface area contributed by atoms with E-state index in [0.29, 0.717) is 18.7 Å². The van der Waals surface area contributed by atoms with Crippen molar-refractivity contribution >= 4 is 21.6 Å². The predicted octanol–water partition coefficient (Wildman–Crippen LogP) is 2.16. The van der Waals surface area contributed by atoms with Crippen LogP contribution < -0.4 is 4.72 Å². The summed E-state index contributed by atoms with van der Waals surface area (Å²) in [6, 6.07) is 3.12. The molecule has 0 saturated heterocycles. The first kappa shape index (κ1) is 14.4. The summed E-state index contributed by atoms with van der Waals surface area (Å²) in [6.45, 7) is 3.78. The van der Waals surface area contributed by atoms with E-state index in [4.69, 9.17) is 11.6 Å². The molecule has 0 spiro atoms. The Kier molecular flexibility index (Phi) is 4.91. The van der Waals surface area contributed by atoms with Gasteiger partial charge in [0.15, 0.2) is 0 Å². The Balaban J connectivity index is 2.94. The Bertz CT molecular complexity index is 450. The molecular formula is C11H17ClN2O2S. The van der Waals surface area contributed by atoms with Crippen LogP contribution in [0, 0.1) is 0 Å². The maximum atomic E-state index is 12.1. The number of aromatic nitrogens is 1. The molecule has 0 fully saturated rings. The first-order valence-electron chi connectivity index (χ1n) is 5.43. The smallest absolute Gasteiger partial charge is 0.242 e. The van der Waals surface area contributed by atoms with Gasteiger partial charge in [-0.1, -0.05) is 6.92 Å². The fourth-order valence-electron chi connectivity index (χ4n) is 1.40. The number of nitrogens with zero attached hydrogens (tertiary/aromatic N) is 1. The average molecular weight is 277 g/mol. The molecule has 0 aliphatic rings. The van der Waals surface area contributed by atoms with E-state index in [1.165, 1.54) is 18.5 Å². The van der Waals surface area contributed by atoms with Crippen molar-refractivity contribution in [2.45, 2.75) is 37.1 Å². The van der Waals surface area contributed by atoms with E-state index >= 15 is 0 Å². The van der Waals surface area contributed by atoms with E-state index in [1.807, 2.05) is 13.8 Å². The molecule has 1 N–H and O–H groups in total. The maximum absolute atomic E-state index is 12.1. The van der Waals surface area contributed by atoms with Gasteiger partial charge in [-0.3, -0.25) is 4.98 Å². The molecule has 0 amide bonds. The van der Waals surface area contributed by atoms with Gasteiger partial charge in [0.2, 0.25) is 10.0 Å². The second-order valence-corrected chi connectivity index (χ2v) is 6.21. The van der Waals surface area contributed by atoms with E-state index in [1.54, 1.807) is 6.07 Å². The zero-order valence-corrected chi connectivity index (χ0v) is 11.6. The van der Waals surface area contributed by atoms with Crippen LogP contribution in [0.1, 0.15) is 26.7 Å². The van der Waals surface area contributed by atoms with Crippen molar-refractivity contribution in [1.82, 2.24) is 9.71 Å². The highest BCUT2D eigenvalue weighted by Crippen LogP contribution is 2.19. The van der Waals surface area contributed by atoms with Gasteiger partial charge in [-0.2, -0.15) is 0 Å². The molecule has 96 valence electrons. The Morgan fingerprint density at radius 2 is 2.24 bits per heavy atom. The second-order valence-electron chi connectivity index (χ2n) is 4.15. The molecular weight excluding hydrogens is 260 g/mol. The van der Waals surface area contributed by atoms with Crippen LogP contribution in [-0.4, -0.2) is 24.8 Å². The summed E-state index contributed by atoms with van der Waals surface area (Å²) in [4.78, 5) is 3.98. The number of alkyl halides is 1. The third-order valence-corrected chi connectivity index (χ3v) is 4.56. The zero-order valence-electron chi connectivity index (χ0n) is 9.98. The van der Waals surface area contributed by atoms with E-state index < -0.39 is 15.6 Å². The number of rotatable bonds is 6. The van der Waals surface area contributed by atoms with Crippen molar-refractivity contribution in [3.8, 4) is 0 Å². The van der Waals surface area contributed by atoms with E-state index in [0.717, 1.165) is 0 Å². The number of sulfonamides is 1. The van der Waals surface area contributed by atoms with Crippen LogP contribution in [-0.2, 0) is 10.0 Å². The predicted molar refractivity (Wildman–Crippen MR) is 68.6 cm³/mol. The fourth-order valence-corrected chi connectivity index (χ4v) is 3.29. The van der Waals surface area contributed by atoms with Crippen LogP contribution in [0.15, 0.2) is 29.4 Å². The second kappa shape index (κ2) is 5.80.